The molecule has 0 saturated carbocycles. The topological polar surface area (TPSA) is 12.9 Å². The van der Waals surface area contributed by atoms with E-state index < -0.39 is 11.6 Å². The van der Waals surface area contributed by atoms with Crippen LogP contribution in [0.25, 0.3) is 11.3 Å². The van der Waals surface area contributed by atoms with Gasteiger partial charge in [-0.3, -0.25) is 4.98 Å². The third-order valence-corrected chi connectivity index (χ3v) is 2.67. The van der Waals surface area contributed by atoms with Gasteiger partial charge in [0.2, 0.25) is 0 Å². The van der Waals surface area contributed by atoms with E-state index in [0.29, 0.717) is 17.2 Å². The number of aromatic nitrogens is 1. The highest BCUT2D eigenvalue weighted by Gasteiger charge is 2.06. The summed E-state index contributed by atoms with van der Waals surface area (Å²) < 4.78 is 25.9. The van der Waals surface area contributed by atoms with Crippen molar-refractivity contribution in [3.63, 3.8) is 0 Å². The van der Waals surface area contributed by atoms with Crippen molar-refractivity contribution in [1.82, 2.24) is 4.98 Å². The molecule has 0 N–H and O–H groups in total. The molecule has 0 aliphatic heterocycles. The summed E-state index contributed by atoms with van der Waals surface area (Å²) in [5.41, 5.74) is 2.35. The average Bonchev–Trinajstić information content (AvgIpc) is 2.33. The van der Waals surface area contributed by atoms with Gasteiger partial charge in [-0.1, -0.05) is 19.9 Å². The lowest BCUT2D eigenvalue weighted by molar-refractivity contribution is 0.509. The van der Waals surface area contributed by atoms with Crippen LogP contribution in [0.15, 0.2) is 36.5 Å². The van der Waals surface area contributed by atoms with Gasteiger partial charge in [0.05, 0.1) is 5.69 Å². The molecule has 0 spiro atoms. The Labute approximate surface area is 99.1 Å². The minimum absolute atomic E-state index is 0.404. The van der Waals surface area contributed by atoms with Crippen LogP contribution in [0.3, 0.4) is 0 Å². The van der Waals surface area contributed by atoms with Crippen LogP contribution in [0.4, 0.5) is 8.78 Å². The van der Waals surface area contributed by atoms with Gasteiger partial charge in [0.15, 0.2) is 11.6 Å². The fourth-order valence-electron chi connectivity index (χ4n) is 1.57. The molecule has 0 atom stereocenters. The summed E-state index contributed by atoms with van der Waals surface area (Å²) in [6.45, 7) is 4.16. The molecule has 1 nitrogen and oxygen atoms in total. The minimum atomic E-state index is -0.850. The van der Waals surface area contributed by atoms with E-state index in [1.54, 1.807) is 6.20 Å². The van der Waals surface area contributed by atoms with Crippen LogP contribution in [0.5, 0.6) is 0 Å². The zero-order valence-electron chi connectivity index (χ0n) is 9.74. The van der Waals surface area contributed by atoms with Crippen LogP contribution >= 0.6 is 0 Å². The Kier molecular flexibility index (Phi) is 3.18. The highest BCUT2D eigenvalue weighted by molar-refractivity contribution is 5.59. The van der Waals surface area contributed by atoms with Crippen LogP contribution in [0.1, 0.15) is 25.3 Å². The monoisotopic (exact) mass is 233 g/mol. The van der Waals surface area contributed by atoms with Gasteiger partial charge in [-0.25, -0.2) is 8.78 Å². The summed E-state index contributed by atoms with van der Waals surface area (Å²) in [5.74, 6) is -1.29. The largest absolute Gasteiger partial charge is 0.256 e. The fourth-order valence-corrected chi connectivity index (χ4v) is 1.57. The second kappa shape index (κ2) is 4.62. The SMILES string of the molecule is CC(C)c1ccc(-c2ccc(F)c(F)c2)nc1. The van der Waals surface area contributed by atoms with E-state index >= 15 is 0 Å². The van der Waals surface area contributed by atoms with Crippen molar-refractivity contribution in [1.29, 1.82) is 0 Å². The zero-order chi connectivity index (χ0) is 12.4. The quantitative estimate of drug-likeness (QED) is 0.759. The molecule has 0 aliphatic carbocycles. The molecule has 2 rings (SSSR count). The Balaban J connectivity index is 2.36. The molecule has 3 heteroatoms. The molecule has 0 radical (unpaired) electrons. The number of hydrogen-bond donors (Lipinski definition) is 0. The third kappa shape index (κ3) is 2.49. The molecule has 17 heavy (non-hydrogen) atoms. The second-order valence-corrected chi connectivity index (χ2v) is 4.26. The number of nitrogens with zero attached hydrogens (tertiary/aromatic N) is 1. The van der Waals surface area contributed by atoms with Crippen molar-refractivity contribution < 1.29 is 8.78 Å². The van der Waals surface area contributed by atoms with Crippen molar-refractivity contribution in [2.24, 2.45) is 0 Å². The number of benzene rings is 1. The summed E-state index contributed by atoms with van der Waals surface area (Å²) in [4.78, 5) is 4.25. The van der Waals surface area contributed by atoms with Gasteiger partial charge >= 0.3 is 0 Å². The maximum atomic E-state index is 13.1. The van der Waals surface area contributed by atoms with E-state index in [9.17, 15) is 8.78 Å². The van der Waals surface area contributed by atoms with Crippen molar-refractivity contribution in [3.8, 4) is 11.3 Å². The summed E-state index contributed by atoms with van der Waals surface area (Å²) >= 11 is 0. The second-order valence-electron chi connectivity index (χ2n) is 4.26. The highest BCUT2D eigenvalue weighted by atomic mass is 19.2. The first-order valence-electron chi connectivity index (χ1n) is 5.49. The summed E-state index contributed by atoms with van der Waals surface area (Å²) in [6.07, 6.45) is 1.77. The van der Waals surface area contributed by atoms with E-state index in [1.165, 1.54) is 6.07 Å². The molecule has 0 bridgehead atoms. The standard InChI is InChI=1S/C14H13F2N/c1-9(2)11-4-6-14(17-8-11)10-3-5-12(15)13(16)7-10/h3-9H,1-2H3. The predicted molar refractivity (Wildman–Crippen MR) is 63.7 cm³/mol. The number of rotatable bonds is 2. The Hall–Kier alpha value is -1.77. The van der Waals surface area contributed by atoms with Gasteiger partial charge < -0.3 is 0 Å². The van der Waals surface area contributed by atoms with E-state index in [-0.39, 0.29) is 0 Å². The smallest absolute Gasteiger partial charge is 0.159 e. The van der Waals surface area contributed by atoms with E-state index in [2.05, 4.69) is 18.8 Å². The van der Waals surface area contributed by atoms with Gasteiger partial charge in [-0.2, -0.15) is 0 Å². The number of hydrogen-bond acceptors (Lipinski definition) is 1. The maximum absolute atomic E-state index is 13.1. The molecule has 0 fully saturated rings. The summed E-state index contributed by atoms with van der Waals surface area (Å²) in [7, 11) is 0. The van der Waals surface area contributed by atoms with Crippen LogP contribution in [-0.2, 0) is 0 Å². The Bertz CT molecular complexity index is 518. The highest BCUT2D eigenvalue weighted by Crippen LogP contribution is 2.21. The first-order valence-corrected chi connectivity index (χ1v) is 5.49. The fraction of sp³-hybridized carbons (Fsp3) is 0.214. The normalized spacial score (nSPS) is 10.9. The first kappa shape index (κ1) is 11.7. The number of pyridine rings is 1. The molecule has 1 aromatic carbocycles. The number of halogens is 2. The average molecular weight is 233 g/mol. The lowest BCUT2D eigenvalue weighted by Crippen LogP contribution is -1.91. The van der Waals surface area contributed by atoms with E-state index in [0.717, 1.165) is 17.7 Å². The lowest BCUT2D eigenvalue weighted by atomic mass is 10.0. The molecular formula is C14H13F2N. The van der Waals surface area contributed by atoms with Crippen molar-refractivity contribution >= 4 is 0 Å². The van der Waals surface area contributed by atoms with Crippen LogP contribution < -0.4 is 0 Å². The Morgan fingerprint density at radius 2 is 1.76 bits per heavy atom. The van der Waals surface area contributed by atoms with E-state index in [4.69, 9.17) is 0 Å². The predicted octanol–water partition coefficient (Wildman–Crippen LogP) is 4.15. The van der Waals surface area contributed by atoms with Crippen LogP contribution in [-0.4, -0.2) is 4.98 Å². The molecule has 1 heterocycles. The minimum Gasteiger partial charge on any atom is -0.256 e. The van der Waals surface area contributed by atoms with Gasteiger partial charge in [-0.05, 0) is 35.7 Å². The van der Waals surface area contributed by atoms with Crippen molar-refractivity contribution in [2.75, 3.05) is 0 Å². The molecular weight excluding hydrogens is 220 g/mol. The van der Waals surface area contributed by atoms with Crippen molar-refractivity contribution in [3.05, 3.63) is 53.7 Å². The molecule has 0 aliphatic rings. The van der Waals surface area contributed by atoms with E-state index in [1.807, 2.05) is 12.1 Å². The summed E-state index contributed by atoms with van der Waals surface area (Å²) in [5, 5.41) is 0. The van der Waals surface area contributed by atoms with Crippen molar-refractivity contribution in [2.45, 2.75) is 19.8 Å². The Morgan fingerprint density at radius 3 is 2.29 bits per heavy atom. The maximum Gasteiger partial charge on any atom is 0.159 e. The Morgan fingerprint density at radius 1 is 1.00 bits per heavy atom. The molecule has 0 saturated heterocycles. The molecule has 1 aromatic heterocycles. The third-order valence-electron chi connectivity index (χ3n) is 2.67. The molecule has 0 amide bonds. The zero-order valence-corrected chi connectivity index (χ0v) is 9.74. The molecule has 88 valence electrons. The molecule has 2 aromatic rings. The van der Waals surface area contributed by atoms with Gasteiger partial charge in [0.25, 0.3) is 0 Å². The van der Waals surface area contributed by atoms with Gasteiger partial charge in [0, 0.05) is 11.8 Å². The summed E-state index contributed by atoms with van der Waals surface area (Å²) in [6, 6.07) is 7.57. The van der Waals surface area contributed by atoms with Crippen LogP contribution in [0.2, 0.25) is 0 Å². The van der Waals surface area contributed by atoms with Gasteiger partial charge in [0.1, 0.15) is 0 Å². The lowest BCUT2D eigenvalue weighted by Gasteiger charge is -2.06. The molecule has 0 unspecified atom stereocenters. The van der Waals surface area contributed by atoms with Gasteiger partial charge in [-0.15, -0.1) is 0 Å². The van der Waals surface area contributed by atoms with Crippen LogP contribution in [0, 0.1) is 11.6 Å². The first-order chi connectivity index (χ1) is 8.08.